The highest BCUT2D eigenvalue weighted by molar-refractivity contribution is 5.75. The number of likely N-dealkylation sites (tertiary alicyclic amines) is 1. The molecule has 5 nitrogen and oxygen atoms in total. The molecule has 0 radical (unpaired) electrons. The first kappa shape index (κ1) is 23.9. The third kappa shape index (κ3) is 6.61. The zero-order chi connectivity index (χ0) is 22.1. The highest BCUT2D eigenvalue weighted by Gasteiger charge is 2.40. The second-order valence-corrected chi connectivity index (χ2v) is 9.66. The minimum absolute atomic E-state index is 0.211. The molecule has 1 unspecified atom stereocenters. The summed E-state index contributed by atoms with van der Waals surface area (Å²) >= 11 is 0. The van der Waals surface area contributed by atoms with Gasteiger partial charge in [0, 0.05) is 13.0 Å². The summed E-state index contributed by atoms with van der Waals surface area (Å²) in [5.74, 6) is 2.39. The van der Waals surface area contributed by atoms with E-state index in [-0.39, 0.29) is 11.3 Å². The normalized spacial score (nSPS) is 19.3. The van der Waals surface area contributed by atoms with E-state index in [2.05, 4.69) is 29.3 Å². The number of nitrogens with one attached hydrogen (secondary N) is 1. The fourth-order valence-electron chi connectivity index (χ4n) is 5.34. The Bertz CT molecular complexity index is 696. The summed E-state index contributed by atoms with van der Waals surface area (Å²) in [6, 6.07) is 6.40. The quantitative estimate of drug-likeness (QED) is 0.511. The van der Waals surface area contributed by atoms with E-state index in [1.165, 1.54) is 57.2 Å². The van der Waals surface area contributed by atoms with Crippen LogP contribution in [0.15, 0.2) is 18.2 Å². The average molecular weight is 431 g/mol. The molecule has 1 atom stereocenters. The molecule has 1 saturated carbocycles. The first-order valence-electron chi connectivity index (χ1n) is 12.3. The lowest BCUT2D eigenvalue weighted by molar-refractivity contribution is -0.121. The predicted molar refractivity (Wildman–Crippen MR) is 126 cm³/mol. The SMILES string of the molecule is COc1ccc(C2(CC(C)CCNC(=O)CCCN3CCCCC3)CCC2)cc1OC. The van der Waals surface area contributed by atoms with Crippen LogP contribution in [0.5, 0.6) is 11.5 Å². The summed E-state index contributed by atoms with van der Waals surface area (Å²) in [5.41, 5.74) is 1.61. The Balaban J connectivity index is 1.40. The Morgan fingerprint density at radius 2 is 1.84 bits per heavy atom. The van der Waals surface area contributed by atoms with Crippen LogP contribution < -0.4 is 14.8 Å². The van der Waals surface area contributed by atoms with Crippen molar-refractivity contribution in [3.63, 3.8) is 0 Å². The molecule has 1 saturated heterocycles. The summed E-state index contributed by atoms with van der Waals surface area (Å²) in [4.78, 5) is 14.7. The first-order chi connectivity index (χ1) is 15.1. The van der Waals surface area contributed by atoms with Crippen LogP contribution in [-0.4, -0.2) is 51.2 Å². The monoisotopic (exact) mass is 430 g/mol. The van der Waals surface area contributed by atoms with E-state index >= 15 is 0 Å². The van der Waals surface area contributed by atoms with E-state index in [1.54, 1.807) is 14.2 Å². The minimum Gasteiger partial charge on any atom is -0.493 e. The Morgan fingerprint density at radius 1 is 1.10 bits per heavy atom. The van der Waals surface area contributed by atoms with Crippen LogP contribution in [0, 0.1) is 5.92 Å². The van der Waals surface area contributed by atoms with E-state index < -0.39 is 0 Å². The number of ether oxygens (including phenoxy) is 2. The topological polar surface area (TPSA) is 50.8 Å². The van der Waals surface area contributed by atoms with Crippen LogP contribution in [0.3, 0.4) is 0 Å². The van der Waals surface area contributed by atoms with Crippen LogP contribution in [-0.2, 0) is 10.2 Å². The molecular formula is C26H42N2O3. The Labute approximate surface area is 188 Å². The van der Waals surface area contributed by atoms with Gasteiger partial charge < -0.3 is 19.7 Å². The van der Waals surface area contributed by atoms with E-state index in [0.29, 0.717) is 12.3 Å². The molecule has 0 aromatic heterocycles. The van der Waals surface area contributed by atoms with Gasteiger partial charge in [0.1, 0.15) is 0 Å². The van der Waals surface area contributed by atoms with Crippen molar-refractivity contribution in [3.8, 4) is 11.5 Å². The van der Waals surface area contributed by atoms with Crippen LogP contribution in [0.25, 0.3) is 0 Å². The van der Waals surface area contributed by atoms with Gasteiger partial charge in [0.15, 0.2) is 11.5 Å². The summed E-state index contributed by atoms with van der Waals surface area (Å²) in [7, 11) is 3.38. The lowest BCUT2D eigenvalue weighted by Gasteiger charge is -2.44. The second-order valence-electron chi connectivity index (χ2n) is 9.66. The number of piperidine rings is 1. The molecule has 2 fully saturated rings. The number of nitrogens with zero attached hydrogens (tertiary/aromatic N) is 1. The van der Waals surface area contributed by atoms with Gasteiger partial charge in [0.05, 0.1) is 14.2 Å². The number of methoxy groups -OCH3 is 2. The molecule has 174 valence electrons. The Kier molecular flexibility index (Phi) is 9.06. The zero-order valence-corrected chi connectivity index (χ0v) is 19.9. The number of amides is 1. The fourth-order valence-corrected chi connectivity index (χ4v) is 5.34. The van der Waals surface area contributed by atoms with Crippen LogP contribution in [0.2, 0.25) is 0 Å². The van der Waals surface area contributed by atoms with Crippen LogP contribution in [0.4, 0.5) is 0 Å². The minimum atomic E-state index is 0.211. The van der Waals surface area contributed by atoms with Gasteiger partial charge in [0.2, 0.25) is 5.91 Å². The van der Waals surface area contributed by atoms with E-state index in [4.69, 9.17) is 9.47 Å². The highest BCUT2D eigenvalue weighted by atomic mass is 16.5. The molecule has 1 aliphatic heterocycles. The number of hydrogen-bond donors (Lipinski definition) is 1. The highest BCUT2D eigenvalue weighted by Crippen LogP contribution is 2.50. The predicted octanol–water partition coefficient (Wildman–Crippen LogP) is 4.92. The number of carbonyl (C=O) groups is 1. The number of hydrogen-bond acceptors (Lipinski definition) is 4. The van der Waals surface area contributed by atoms with Crippen LogP contribution in [0.1, 0.15) is 76.7 Å². The van der Waals surface area contributed by atoms with Gasteiger partial charge in [-0.25, -0.2) is 0 Å². The Morgan fingerprint density at radius 3 is 2.48 bits per heavy atom. The summed E-state index contributed by atoms with van der Waals surface area (Å²) in [6.07, 6.45) is 11.6. The van der Waals surface area contributed by atoms with Gasteiger partial charge in [-0.2, -0.15) is 0 Å². The molecule has 1 N–H and O–H groups in total. The zero-order valence-electron chi connectivity index (χ0n) is 19.9. The maximum atomic E-state index is 12.2. The van der Waals surface area contributed by atoms with Gasteiger partial charge in [-0.1, -0.05) is 25.8 Å². The summed E-state index contributed by atoms with van der Waals surface area (Å²) in [5, 5.41) is 3.15. The van der Waals surface area contributed by atoms with Gasteiger partial charge in [0.25, 0.3) is 0 Å². The standard InChI is InChI=1S/C26H42N2O3/c1-21(12-15-27-25(29)9-7-18-28-16-5-4-6-17-28)20-26(13-8-14-26)22-10-11-23(30-2)24(19-22)31-3/h10-11,19,21H,4-9,12-18,20H2,1-3H3,(H,27,29). The number of carbonyl (C=O) groups excluding carboxylic acids is 1. The van der Waals surface area contributed by atoms with Crippen molar-refractivity contribution in [3.05, 3.63) is 23.8 Å². The van der Waals surface area contributed by atoms with Gasteiger partial charge in [-0.05, 0) is 93.6 Å². The molecule has 1 heterocycles. The fraction of sp³-hybridized carbons (Fsp3) is 0.731. The second kappa shape index (κ2) is 11.8. The molecule has 1 amide bonds. The van der Waals surface area contributed by atoms with Crippen LogP contribution >= 0.6 is 0 Å². The lowest BCUT2D eigenvalue weighted by Crippen LogP contribution is -2.36. The first-order valence-corrected chi connectivity index (χ1v) is 12.3. The van der Waals surface area contributed by atoms with Crippen molar-refractivity contribution in [2.45, 2.75) is 76.5 Å². The van der Waals surface area contributed by atoms with Crippen molar-refractivity contribution in [1.29, 1.82) is 0 Å². The largest absolute Gasteiger partial charge is 0.493 e. The molecule has 0 spiro atoms. The molecular weight excluding hydrogens is 388 g/mol. The average Bonchev–Trinajstić information content (AvgIpc) is 2.76. The maximum absolute atomic E-state index is 12.2. The number of benzene rings is 1. The molecule has 2 aliphatic rings. The lowest BCUT2D eigenvalue weighted by atomic mass is 9.60. The molecule has 1 aromatic rings. The molecule has 5 heteroatoms. The third-order valence-corrected chi connectivity index (χ3v) is 7.33. The van der Waals surface area contributed by atoms with Gasteiger partial charge >= 0.3 is 0 Å². The van der Waals surface area contributed by atoms with E-state index in [9.17, 15) is 4.79 Å². The van der Waals surface area contributed by atoms with E-state index in [1.807, 2.05) is 6.07 Å². The molecule has 3 rings (SSSR count). The summed E-state index contributed by atoms with van der Waals surface area (Å²) < 4.78 is 10.9. The molecule has 31 heavy (non-hydrogen) atoms. The van der Waals surface area contributed by atoms with Gasteiger partial charge in [-0.3, -0.25) is 4.79 Å². The van der Waals surface area contributed by atoms with Crippen molar-refractivity contribution in [2.24, 2.45) is 5.92 Å². The van der Waals surface area contributed by atoms with E-state index in [0.717, 1.165) is 43.9 Å². The van der Waals surface area contributed by atoms with Crippen molar-refractivity contribution < 1.29 is 14.3 Å². The molecule has 1 aliphatic carbocycles. The number of rotatable bonds is 12. The Hall–Kier alpha value is -1.75. The maximum Gasteiger partial charge on any atom is 0.220 e. The smallest absolute Gasteiger partial charge is 0.220 e. The van der Waals surface area contributed by atoms with Crippen molar-refractivity contribution in [1.82, 2.24) is 10.2 Å². The molecule has 1 aromatic carbocycles. The van der Waals surface area contributed by atoms with Gasteiger partial charge in [-0.15, -0.1) is 0 Å². The third-order valence-electron chi connectivity index (χ3n) is 7.33. The van der Waals surface area contributed by atoms with Crippen molar-refractivity contribution >= 4 is 5.91 Å². The summed E-state index contributed by atoms with van der Waals surface area (Å²) in [6.45, 7) is 6.59. The molecule has 0 bridgehead atoms. The van der Waals surface area contributed by atoms with Crippen molar-refractivity contribution in [2.75, 3.05) is 40.4 Å².